The fourth-order valence-corrected chi connectivity index (χ4v) is 2.38. The first-order valence-electron chi connectivity index (χ1n) is 8.55. The third-order valence-electron chi connectivity index (χ3n) is 3.64. The largest absolute Gasteiger partial charge is 0.486 e. The highest BCUT2D eigenvalue weighted by Gasteiger charge is 2.27. The molecule has 1 N–H and O–H groups in total. The second-order valence-corrected chi connectivity index (χ2v) is 6.19. The van der Waals surface area contributed by atoms with Crippen molar-refractivity contribution >= 4 is 11.6 Å². The Morgan fingerprint density at radius 2 is 2.10 bits per heavy atom. The van der Waals surface area contributed by atoms with Gasteiger partial charge in [-0.3, -0.25) is 4.79 Å². The van der Waals surface area contributed by atoms with Crippen LogP contribution in [0.3, 0.4) is 0 Å². The van der Waals surface area contributed by atoms with Gasteiger partial charge in [0.15, 0.2) is 5.76 Å². The van der Waals surface area contributed by atoms with Gasteiger partial charge in [-0.05, 0) is 36.8 Å². The molecule has 2 aromatic heterocycles. The van der Waals surface area contributed by atoms with E-state index >= 15 is 0 Å². The fraction of sp³-hybridized carbons (Fsp3) is 0.263. The maximum absolute atomic E-state index is 12.2. The number of rotatable bonds is 8. The Kier molecular flexibility index (Phi) is 6.23. The Balaban J connectivity index is 1.50. The van der Waals surface area contributed by atoms with Crippen molar-refractivity contribution in [3.63, 3.8) is 0 Å². The predicted octanol–water partition coefficient (Wildman–Crippen LogP) is 4.15. The zero-order valence-corrected chi connectivity index (χ0v) is 15.4. The van der Waals surface area contributed by atoms with E-state index < -0.39 is 25.4 Å². The summed E-state index contributed by atoms with van der Waals surface area (Å²) in [5.74, 6) is 0.692. The van der Waals surface area contributed by atoms with Gasteiger partial charge in [-0.2, -0.15) is 18.3 Å². The van der Waals surface area contributed by atoms with Crippen molar-refractivity contribution in [2.45, 2.75) is 26.4 Å². The van der Waals surface area contributed by atoms with E-state index in [1.165, 1.54) is 18.5 Å². The maximum atomic E-state index is 12.2. The van der Waals surface area contributed by atoms with E-state index in [0.717, 1.165) is 10.2 Å². The molecule has 0 saturated carbocycles. The van der Waals surface area contributed by atoms with Crippen molar-refractivity contribution < 1.29 is 31.9 Å². The summed E-state index contributed by atoms with van der Waals surface area (Å²) in [5, 5.41) is 6.36. The van der Waals surface area contributed by atoms with Gasteiger partial charge in [0.25, 0.3) is 5.91 Å². The molecule has 0 radical (unpaired) electrons. The number of nitrogens with zero attached hydrogens (tertiary/aromatic N) is 2. The van der Waals surface area contributed by atoms with E-state index in [9.17, 15) is 18.0 Å². The van der Waals surface area contributed by atoms with Crippen LogP contribution in [0.1, 0.15) is 21.9 Å². The highest BCUT2D eigenvalue weighted by atomic mass is 19.4. The number of hydrogen-bond acceptors (Lipinski definition) is 5. The van der Waals surface area contributed by atoms with Crippen LogP contribution >= 0.6 is 0 Å². The molecular formula is C19H18F3N3O4. The lowest BCUT2D eigenvalue weighted by molar-refractivity contribution is -0.182. The van der Waals surface area contributed by atoms with E-state index in [4.69, 9.17) is 9.15 Å². The minimum atomic E-state index is -4.41. The third-order valence-corrected chi connectivity index (χ3v) is 3.64. The van der Waals surface area contributed by atoms with Crippen LogP contribution in [0.2, 0.25) is 0 Å². The Bertz CT molecular complexity index is 966. The molecule has 0 saturated heterocycles. The summed E-state index contributed by atoms with van der Waals surface area (Å²) in [6.45, 7) is 0.336. The summed E-state index contributed by atoms with van der Waals surface area (Å²) in [6, 6.07) is 10.7. The number of benzene rings is 1. The molecule has 0 aliphatic carbocycles. The minimum absolute atomic E-state index is 0.0638. The van der Waals surface area contributed by atoms with Gasteiger partial charge >= 0.3 is 6.18 Å². The van der Waals surface area contributed by atoms with E-state index in [-0.39, 0.29) is 12.4 Å². The zero-order valence-electron chi connectivity index (χ0n) is 15.4. The molecular weight excluding hydrogens is 391 g/mol. The number of amides is 1. The van der Waals surface area contributed by atoms with Gasteiger partial charge in [-0.25, -0.2) is 4.68 Å². The third kappa shape index (κ3) is 6.39. The molecule has 0 bridgehead atoms. The molecule has 10 heteroatoms. The van der Waals surface area contributed by atoms with Gasteiger partial charge in [0.1, 0.15) is 31.5 Å². The summed E-state index contributed by atoms with van der Waals surface area (Å²) < 4.78 is 52.9. The Labute approximate surface area is 164 Å². The van der Waals surface area contributed by atoms with Crippen LogP contribution in [-0.4, -0.2) is 28.5 Å². The molecule has 0 unspecified atom stereocenters. The molecule has 154 valence electrons. The van der Waals surface area contributed by atoms with Gasteiger partial charge < -0.3 is 19.2 Å². The summed E-state index contributed by atoms with van der Waals surface area (Å²) in [5.41, 5.74) is 1.35. The molecule has 0 aliphatic rings. The number of nitrogens with one attached hydrogen (secondary N) is 1. The number of hydrogen-bond donors (Lipinski definition) is 1. The van der Waals surface area contributed by atoms with Gasteiger partial charge in [-0.15, -0.1) is 0 Å². The molecule has 3 rings (SSSR count). The summed E-state index contributed by atoms with van der Waals surface area (Å²) in [4.78, 5) is 12.2. The Morgan fingerprint density at radius 1 is 1.28 bits per heavy atom. The predicted molar refractivity (Wildman–Crippen MR) is 96.4 cm³/mol. The number of ether oxygens (including phenoxy) is 2. The van der Waals surface area contributed by atoms with Crippen LogP contribution in [0.4, 0.5) is 18.9 Å². The highest BCUT2D eigenvalue weighted by molar-refractivity contribution is 6.02. The highest BCUT2D eigenvalue weighted by Crippen LogP contribution is 2.17. The molecule has 2 heterocycles. The molecule has 0 fully saturated rings. The molecule has 0 spiro atoms. The fourth-order valence-electron chi connectivity index (χ4n) is 2.38. The van der Waals surface area contributed by atoms with E-state index in [1.54, 1.807) is 6.07 Å². The lowest BCUT2D eigenvalue weighted by Crippen LogP contribution is -2.18. The second-order valence-electron chi connectivity index (χ2n) is 6.19. The van der Waals surface area contributed by atoms with Gasteiger partial charge in [0.2, 0.25) is 0 Å². The average Bonchev–Trinajstić information content (AvgIpc) is 3.29. The average molecular weight is 409 g/mol. The summed E-state index contributed by atoms with van der Waals surface area (Å²) >= 11 is 0. The Morgan fingerprint density at radius 3 is 2.86 bits per heavy atom. The van der Waals surface area contributed by atoms with Crippen molar-refractivity contribution in [2.24, 2.45) is 0 Å². The van der Waals surface area contributed by atoms with Crippen LogP contribution in [0, 0.1) is 6.92 Å². The minimum Gasteiger partial charge on any atom is -0.486 e. The molecule has 0 aliphatic heterocycles. The van der Waals surface area contributed by atoms with Crippen LogP contribution in [0.15, 0.2) is 53.2 Å². The molecule has 0 atom stereocenters. The van der Waals surface area contributed by atoms with Crippen LogP contribution in [-0.2, 0) is 18.1 Å². The zero-order chi connectivity index (χ0) is 20.9. The van der Waals surface area contributed by atoms with E-state index in [2.05, 4.69) is 15.2 Å². The lowest BCUT2D eigenvalue weighted by atomic mass is 10.2. The Hall–Kier alpha value is -3.27. The van der Waals surface area contributed by atoms with Crippen molar-refractivity contribution in [2.75, 3.05) is 11.9 Å². The quantitative estimate of drug-likeness (QED) is 0.605. The normalized spacial score (nSPS) is 11.4. The van der Waals surface area contributed by atoms with E-state index in [1.807, 2.05) is 31.2 Å². The monoisotopic (exact) mass is 409 g/mol. The number of furan rings is 1. The summed E-state index contributed by atoms with van der Waals surface area (Å²) in [6.07, 6.45) is -1.78. The van der Waals surface area contributed by atoms with Crippen molar-refractivity contribution in [3.8, 4) is 5.75 Å². The number of alkyl halides is 3. The molecule has 29 heavy (non-hydrogen) atoms. The second kappa shape index (κ2) is 8.82. The molecule has 1 amide bonds. The van der Waals surface area contributed by atoms with Crippen molar-refractivity contribution in [1.29, 1.82) is 0 Å². The number of aromatic nitrogens is 2. The van der Waals surface area contributed by atoms with E-state index in [0.29, 0.717) is 17.2 Å². The lowest BCUT2D eigenvalue weighted by Gasteiger charge is -2.07. The number of aryl methyl sites for hydroxylation is 1. The number of carbonyl (C=O) groups excluding carboxylic acids is 1. The first kappa shape index (κ1) is 20.5. The first-order valence-corrected chi connectivity index (χ1v) is 8.55. The smallest absolute Gasteiger partial charge is 0.411 e. The van der Waals surface area contributed by atoms with Crippen LogP contribution < -0.4 is 10.1 Å². The SMILES string of the molecule is Cc1cccc(OCc2ccc(C(=O)Nc3cnn(COCC(F)(F)F)c3)o2)c1. The van der Waals surface area contributed by atoms with Gasteiger partial charge in [0, 0.05) is 0 Å². The molecule has 1 aromatic carbocycles. The number of halogens is 3. The first-order chi connectivity index (χ1) is 13.8. The maximum Gasteiger partial charge on any atom is 0.411 e. The molecule has 3 aromatic rings. The molecule has 7 nitrogen and oxygen atoms in total. The topological polar surface area (TPSA) is 78.5 Å². The van der Waals surface area contributed by atoms with Gasteiger partial charge in [-0.1, -0.05) is 12.1 Å². The van der Waals surface area contributed by atoms with Crippen molar-refractivity contribution in [1.82, 2.24) is 9.78 Å². The van der Waals surface area contributed by atoms with Gasteiger partial charge in [0.05, 0.1) is 18.1 Å². The summed E-state index contributed by atoms with van der Waals surface area (Å²) in [7, 11) is 0. The van der Waals surface area contributed by atoms with Crippen LogP contribution in [0.25, 0.3) is 0 Å². The number of anilines is 1. The number of carbonyl (C=O) groups is 1. The van der Waals surface area contributed by atoms with Crippen molar-refractivity contribution in [3.05, 3.63) is 65.9 Å². The van der Waals surface area contributed by atoms with Crippen LogP contribution in [0.5, 0.6) is 5.75 Å². The standard InChI is InChI=1S/C19H18F3N3O4/c1-13-3-2-4-15(7-13)28-10-16-5-6-17(29-16)18(26)24-14-8-23-25(9-14)12-27-11-19(20,21)22/h2-9H,10-12H2,1H3,(H,24,26).